The third-order valence-corrected chi connectivity index (χ3v) is 6.49. The fourth-order valence-corrected chi connectivity index (χ4v) is 4.52. The van der Waals surface area contributed by atoms with Crippen molar-refractivity contribution in [1.29, 1.82) is 0 Å². The minimum absolute atomic E-state index is 0.262. The number of nitrogens with one attached hydrogen (secondary N) is 1. The number of carbonyl (C=O) groups excluding carboxylic acids is 1. The number of nitrogens with zero attached hydrogens (tertiary/aromatic N) is 1. The van der Waals surface area contributed by atoms with Crippen molar-refractivity contribution in [3.63, 3.8) is 0 Å². The number of hydrogen-bond acceptors (Lipinski definition) is 3. The molecule has 0 spiro atoms. The van der Waals surface area contributed by atoms with E-state index in [9.17, 15) is 13.2 Å². The number of sulfonamides is 1. The summed E-state index contributed by atoms with van der Waals surface area (Å²) in [7, 11) is -3.45. The smallest absolute Gasteiger partial charge is 0.248 e. The van der Waals surface area contributed by atoms with Crippen LogP contribution in [0.1, 0.15) is 30.4 Å². The molecule has 1 heterocycles. The summed E-state index contributed by atoms with van der Waals surface area (Å²) in [5.41, 5.74) is 2.67. The lowest BCUT2D eigenvalue weighted by atomic mass is 10.1. The van der Waals surface area contributed by atoms with Gasteiger partial charge in [-0.05, 0) is 55.7 Å². The third kappa shape index (κ3) is 5.05. The third-order valence-electron chi connectivity index (χ3n) is 4.58. The van der Waals surface area contributed by atoms with Crippen LogP contribution in [-0.4, -0.2) is 31.7 Å². The molecule has 1 N–H and O–H groups in total. The maximum absolute atomic E-state index is 12.6. The average molecular weight is 385 g/mol. The molecule has 1 fully saturated rings. The first kappa shape index (κ1) is 19.3. The number of rotatable bonds is 5. The molecular weight excluding hydrogens is 360 g/mol. The zero-order valence-corrected chi connectivity index (χ0v) is 16.2. The lowest BCUT2D eigenvalue weighted by molar-refractivity contribution is -0.111. The van der Waals surface area contributed by atoms with E-state index in [1.165, 1.54) is 10.4 Å². The molecule has 0 unspecified atom stereocenters. The number of carbonyl (C=O) groups is 1. The van der Waals surface area contributed by atoms with Crippen molar-refractivity contribution >= 4 is 27.7 Å². The average Bonchev–Trinajstić information content (AvgIpc) is 2.69. The van der Waals surface area contributed by atoms with Crippen LogP contribution >= 0.6 is 0 Å². The topological polar surface area (TPSA) is 66.5 Å². The molecule has 6 heteroatoms. The van der Waals surface area contributed by atoms with E-state index in [2.05, 4.69) is 5.32 Å². The normalized spacial score (nSPS) is 15.7. The molecule has 0 bridgehead atoms. The van der Waals surface area contributed by atoms with Gasteiger partial charge in [-0.15, -0.1) is 0 Å². The molecule has 1 saturated heterocycles. The van der Waals surface area contributed by atoms with E-state index in [1.807, 2.05) is 31.2 Å². The Morgan fingerprint density at radius 3 is 2.22 bits per heavy atom. The lowest BCUT2D eigenvalue weighted by Gasteiger charge is -2.25. The van der Waals surface area contributed by atoms with Crippen molar-refractivity contribution < 1.29 is 13.2 Å². The Kier molecular flexibility index (Phi) is 6.08. The first-order valence-electron chi connectivity index (χ1n) is 9.11. The monoisotopic (exact) mass is 384 g/mol. The van der Waals surface area contributed by atoms with Gasteiger partial charge >= 0.3 is 0 Å². The van der Waals surface area contributed by atoms with Crippen LogP contribution in [0.25, 0.3) is 6.08 Å². The van der Waals surface area contributed by atoms with Crippen LogP contribution in [0.4, 0.5) is 5.69 Å². The quantitative estimate of drug-likeness (QED) is 0.797. The summed E-state index contributed by atoms with van der Waals surface area (Å²) < 4.78 is 26.8. The molecule has 2 aromatic rings. The van der Waals surface area contributed by atoms with Crippen LogP contribution in [0.3, 0.4) is 0 Å². The molecular formula is C21H24N2O3S. The van der Waals surface area contributed by atoms with Gasteiger partial charge in [-0.25, -0.2) is 8.42 Å². The highest BCUT2D eigenvalue weighted by molar-refractivity contribution is 7.89. The number of amides is 1. The predicted molar refractivity (Wildman–Crippen MR) is 108 cm³/mol. The van der Waals surface area contributed by atoms with Crippen molar-refractivity contribution in [2.45, 2.75) is 31.1 Å². The van der Waals surface area contributed by atoms with Gasteiger partial charge in [-0.2, -0.15) is 4.31 Å². The SMILES string of the molecule is Cc1ccc(/C=C/C(=O)Nc2ccc(S(=O)(=O)N3CCCCC3)cc2)cc1. The van der Waals surface area contributed by atoms with Crippen LogP contribution < -0.4 is 5.32 Å². The number of aryl methyl sites for hydroxylation is 1. The van der Waals surface area contributed by atoms with Gasteiger partial charge in [0, 0.05) is 24.9 Å². The second kappa shape index (κ2) is 8.50. The first-order valence-corrected chi connectivity index (χ1v) is 10.6. The summed E-state index contributed by atoms with van der Waals surface area (Å²) in [4.78, 5) is 12.3. The molecule has 27 heavy (non-hydrogen) atoms. The van der Waals surface area contributed by atoms with Gasteiger partial charge < -0.3 is 5.32 Å². The molecule has 0 atom stereocenters. The summed E-state index contributed by atoms with van der Waals surface area (Å²) in [5.74, 6) is -0.262. The molecule has 1 amide bonds. The second-order valence-corrected chi connectivity index (χ2v) is 8.66. The molecule has 5 nitrogen and oxygen atoms in total. The zero-order chi connectivity index (χ0) is 19.3. The van der Waals surface area contributed by atoms with Crippen molar-refractivity contribution in [2.75, 3.05) is 18.4 Å². The van der Waals surface area contributed by atoms with Crippen molar-refractivity contribution in [3.8, 4) is 0 Å². The van der Waals surface area contributed by atoms with Crippen LogP contribution in [0.15, 0.2) is 59.5 Å². The van der Waals surface area contributed by atoms with Crippen molar-refractivity contribution in [1.82, 2.24) is 4.31 Å². The fraction of sp³-hybridized carbons (Fsp3) is 0.286. The molecule has 0 radical (unpaired) electrons. The second-order valence-electron chi connectivity index (χ2n) is 6.72. The van der Waals surface area contributed by atoms with Gasteiger partial charge in [0.1, 0.15) is 0 Å². The minimum atomic E-state index is -3.45. The Morgan fingerprint density at radius 2 is 1.59 bits per heavy atom. The Bertz CT molecular complexity index is 911. The van der Waals surface area contributed by atoms with Gasteiger partial charge in [0.05, 0.1) is 4.90 Å². The first-order chi connectivity index (χ1) is 12.9. The summed E-state index contributed by atoms with van der Waals surface area (Å²) >= 11 is 0. The highest BCUT2D eigenvalue weighted by Crippen LogP contribution is 2.22. The summed E-state index contributed by atoms with van der Waals surface area (Å²) in [6, 6.07) is 14.2. The molecule has 1 aliphatic rings. The van der Waals surface area contributed by atoms with Crippen LogP contribution in [0.2, 0.25) is 0 Å². The van der Waals surface area contributed by atoms with Gasteiger partial charge in [0.25, 0.3) is 0 Å². The van der Waals surface area contributed by atoms with E-state index in [4.69, 9.17) is 0 Å². The molecule has 0 aromatic heterocycles. The van der Waals surface area contributed by atoms with E-state index in [-0.39, 0.29) is 10.8 Å². The van der Waals surface area contributed by atoms with Crippen LogP contribution in [0, 0.1) is 6.92 Å². The Balaban J connectivity index is 1.63. The van der Waals surface area contributed by atoms with E-state index in [0.29, 0.717) is 18.8 Å². The van der Waals surface area contributed by atoms with Gasteiger partial charge in [0.15, 0.2) is 0 Å². The largest absolute Gasteiger partial charge is 0.323 e. The molecule has 1 aliphatic heterocycles. The minimum Gasteiger partial charge on any atom is -0.323 e. The Morgan fingerprint density at radius 1 is 0.963 bits per heavy atom. The van der Waals surface area contributed by atoms with Crippen molar-refractivity contribution in [3.05, 3.63) is 65.7 Å². The van der Waals surface area contributed by atoms with Crippen LogP contribution in [-0.2, 0) is 14.8 Å². The predicted octanol–water partition coefficient (Wildman–Crippen LogP) is 3.82. The van der Waals surface area contributed by atoms with Gasteiger partial charge in [-0.3, -0.25) is 4.79 Å². The maximum Gasteiger partial charge on any atom is 0.248 e. The molecule has 142 valence electrons. The van der Waals surface area contributed by atoms with E-state index >= 15 is 0 Å². The zero-order valence-electron chi connectivity index (χ0n) is 15.4. The molecule has 2 aromatic carbocycles. The molecule has 0 saturated carbocycles. The fourth-order valence-electron chi connectivity index (χ4n) is 3.00. The number of benzene rings is 2. The standard InChI is InChI=1S/C21H24N2O3S/c1-17-5-7-18(8-6-17)9-14-21(24)22-19-10-12-20(13-11-19)27(25,26)23-15-3-2-4-16-23/h5-14H,2-4,15-16H2,1H3,(H,22,24)/b14-9+. The Labute approximate surface area is 160 Å². The lowest BCUT2D eigenvalue weighted by Crippen LogP contribution is -2.35. The maximum atomic E-state index is 12.6. The number of anilines is 1. The van der Waals surface area contributed by atoms with Gasteiger partial charge in [0.2, 0.25) is 15.9 Å². The summed E-state index contributed by atoms with van der Waals surface area (Å²) in [6.07, 6.45) is 6.08. The Hall–Kier alpha value is -2.44. The highest BCUT2D eigenvalue weighted by atomic mass is 32.2. The highest BCUT2D eigenvalue weighted by Gasteiger charge is 2.25. The van der Waals surface area contributed by atoms with Crippen molar-refractivity contribution in [2.24, 2.45) is 0 Å². The summed E-state index contributed by atoms with van der Waals surface area (Å²) in [6.45, 7) is 3.16. The van der Waals surface area contributed by atoms with Gasteiger partial charge in [-0.1, -0.05) is 36.2 Å². The number of hydrogen-bond donors (Lipinski definition) is 1. The summed E-state index contributed by atoms with van der Waals surface area (Å²) in [5, 5.41) is 2.75. The molecule has 0 aliphatic carbocycles. The molecule has 3 rings (SSSR count). The number of piperidine rings is 1. The van der Waals surface area contributed by atoms with E-state index in [0.717, 1.165) is 30.4 Å². The van der Waals surface area contributed by atoms with E-state index in [1.54, 1.807) is 30.3 Å². The van der Waals surface area contributed by atoms with Crippen LogP contribution in [0.5, 0.6) is 0 Å². The van der Waals surface area contributed by atoms with E-state index < -0.39 is 10.0 Å².